The molecule has 0 aliphatic heterocycles. The molecule has 0 aromatic carbocycles. The van der Waals surface area contributed by atoms with E-state index in [-0.39, 0.29) is 11.4 Å². The molecule has 0 saturated heterocycles. The number of Topliss-reactive ketones (excluding diaryl/α,β-unsaturated/α-hetero) is 1. The van der Waals surface area contributed by atoms with Gasteiger partial charge in [0.05, 0.1) is 7.11 Å². The first kappa shape index (κ1) is 21.4. The van der Waals surface area contributed by atoms with E-state index in [2.05, 4.69) is 27.7 Å². The molecule has 4 aliphatic rings. The van der Waals surface area contributed by atoms with Crippen molar-refractivity contribution in [3.63, 3.8) is 0 Å². The Morgan fingerprint density at radius 2 is 1.90 bits per heavy atom. The number of hydrogen-bond donors (Lipinski definition) is 0. The van der Waals surface area contributed by atoms with Gasteiger partial charge in [0.15, 0.2) is 0 Å². The second-order valence-corrected chi connectivity index (χ2v) is 11.7. The summed E-state index contributed by atoms with van der Waals surface area (Å²) in [5, 5.41) is 0. The summed E-state index contributed by atoms with van der Waals surface area (Å²) < 4.78 is 4.85. The highest BCUT2D eigenvalue weighted by molar-refractivity contribution is 5.87. The Morgan fingerprint density at radius 1 is 1.14 bits per heavy atom. The zero-order chi connectivity index (χ0) is 21.0. The molecule has 0 bridgehead atoms. The third-order valence-corrected chi connectivity index (χ3v) is 10.6. The molecule has 0 radical (unpaired) electrons. The Balaban J connectivity index is 1.54. The highest BCUT2D eigenvalue weighted by Gasteiger charge is 2.63. The summed E-state index contributed by atoms with van der Waals surface area (Å²) in [4.78, 5) is 25.4. The summed E-state index contributed by atoms with van der Waals surface area (Å²) in [5.74, 6) is 4.89. The third-order valence-electron chi connectivity index (χ3n) is 10.6. The molecule has 0 heterocycles. The molecular weight excluding hydrogens is 360 g/mol. The predicted molar refractivity (Wildman–Crippen MR) is 115 cm³/mol. The first-order valence-corrected chi connectivity index (χ1v) is 12.3. The fourth-order valence-corrected chi connectivity index (χ4v) is 8.77. The number of fused-ring (bicyclic) bond motifs is 5. The van der Waals surface area contributed by atoms with E-state index in [9.17, 15) is 9.59 Å². The van der Waals surface area contributed by atoms with Crippen LogP contribution >= 0.6 is 0 Å². The minimum Gasteiger partial charge on any atom is -0.469 e. The standard InChI is InChI=1S/C26H42O3/c1-16-12-13-25(3)18(14-16)7-8-19-21-10-9-20(17(2)6-11-24(28)29-5)26(21,4)23(27)15-22(19)25/h16-22H,6-15H2,1-5H3/t16-,17-,18-,19+,20-,21+,22?,25+,26-/m1/s1. The molecule has 3 heteroatoms. The molecule has 0 N–H and O–H groups in total. The minimum atomic E-state index is -0.165. The van der Waals surface area contributed by atoms with Crippen LogP contribution in [0, 0.1) is 52.3 Å². The number of ketones is 1. The van der Waals surface area contributed by atoms with Crippen LogP contribution in [-0.4, -0.2) is 18.9 Å². The lowest BCUT2D eigenvalue weighted by atomic mass is 9.43. The average molecular weight is 403 g/mol. The van der Waals surface area contributed by atoms with Crippen molar-refractivity contribution in [3.8, 4) is 0 Å². The van der Waals surface area contributed by atoms with E-state index in [1.54, 1.807) is 0 Å². The highest BCUT2D eigenvalue weighted by atomic mass is 16.5. The van der Waals surface area contributed by atoms with Gasteiger partial charge in [0.2, 0.25) is 0 Å². The Morgan fingerprint density at radius 3 is 2.62 bits per heavy atom. The van der Waals surface area contributed by atoms with Crippen molar-refractivity contribution in [2.24, 2.45) is 52.3 Å². The summed E-state index contributed by atoms with van der Waals surface area (Å²) in [6.07, 6.45) is 11.3. The van der Waals surface area contributed by atoms with Gasteiger partial charge in [-0.25, -0.2) is 0 Å². The van der Waals surface area contributed by atoms with Gasteiger partial charge in [-0.3, -0.25) is 9.59 Å². The summed E-state index contributed by atoms with van der Waals surface area (Å²) in [6.45, 7) is 9.54. The van der Waals surface area contributed by atoms with Crippen LogP contribution in [0.25, 0.3) is 0 Å². The highest BCUT2D eigenvalue weighted by Crippen LogP contribution is 2.67. The molecule has 0 spiro atoms. The predicted octanol–water partition coefficient (Wildman–Crippen LogP) is 6.05. The molecule has 29 heavy (non-hydrogen) atoms. The molecule has 0 aromatic heterocycles. The maximum absolute atomic E-state index is 13.8. The van der Waals surface area contributed by atoms with Gasteiger partial charge in [0.1, 0.15) is 5.78 Å². The fraction of sp³-hybridized carbons (Fsp3) is 0.923. The number of carbonyl (C=O) groups excluding carboxylic acids is 2. The summed E-state index contributed by atoms with van der Waals surface area (Å²) in [7, 11) is 1.47. The maximum Gasteiger partial charge on any atom is 0.305 e. The maximum atomic E-state index is 13.8. The monoisotopic (exact) mass is 402 g/mol. The molecule has 0 amide bonds. The fourth-order valence-electron chi connectivity index (χ4n) is 8.77. The van der Waals surface area contributed by atoms with Crippen LogP contribution in [0.15, 0.2) is 0 Å². The van der Waals surface area contributed by atoms with Crippen LogP contribution in [0.5, 0.6) is 0 Å². The van der Waals surface area contributed by atoms with E-state index >= 15 is 0 Å². The normalized spacial score (nSPS) is 47.7. The first-order valence-electron chi connectivity index (χ1n) is 12.3. The van der Waals surface area contributed by atoms with E-state index in [1.165, 1.54) is 45.6 Å². The van der Waals surface area contributed by atoms with Gasteiger partial charge in [-0.2, -0.15) is 0 Å². The van der Waals surface area contributed by atoms with Crippen molar-refractivity contribution in [1.29, 1.82) is 0 Å². The lowest BCUT2D eigenvalue weighted by molar-refractivity contribution is -0.158. The van der Waals surface area contributed by atoms with Crippen LogP contribution in [-0.2, 0) is 14.3 Å². The van der Waals surface area contributed by atoms with E-state index < -0.39 is 0 Å². The molecule has 1 unspecified atom stereocenters. The number of ether oxygens (including phenoxy) is 1. The Labute approximate surface area is 177 Å². The van der Waals surface area contributed by atoms with E-state index in [1.807, 2.05) is 0 Å². The zero-order valence-electron chi connectivity index (χ0n) is 19.3. The number of rotatable bonds is 4. The van der Waals surface area contributed by atoms with Gasteiger partial charge in [-0.1, -0.05) is 34.1 Å². The van der Waals surface area contributed by atoms with E-state index in [0.717, 1.165) is 37.0 Å². The number of hydrogen-bond acceptors (Lipinski definition) is 3. The summed E-state index contributed by atoms with van der Waals surface area (Å²) >= 11 is 0. The largest absolute Gasteiger partial charge is 0.469 e. The van der Waals surface area contributed by atoms with Crippen molar-refractivity contribution < 1.29 is 14.3 Å². The van der Waals surface area contributed by atoms with Crippen LogP contribution in [0.4, 0.5) is 0 Å². The summed E-state index contributed by atoms with van der Waals surface area (Å²) in [6, 6.07) is 0. The Hall–Kier alpha value is -0.860. The SMILES string of the molecule is COC(=O)CC[C@@H](C)[C@H]1CC[C@H]2[C@@H]3CC[C@@H]4C[C@H](C)CC[C@]4(C)C3CC(=O)[C@]12C. The molecule has 4 fully saturated rings. The van der Waals surface area contributed by atoms with Crippen LogP contribution < -0.4 is 0 Å². The lowest BCUT2D eigenvalue weighted by Crippen LogP contribution is -2.57. The van der Waals surface area contributed by atoms with Crippen molar-refractivity contribution in [3.05, 3.63) is 0 Å². The van der Waals surface area contributed by atoms with Gasteiger partial charge in [0, 0.05) is 18.3 Å². The van der Waals surface area contributed by atoms with E-state index in [0.29, 0.717) is 41.3 Å². The number of carbonyl (C=O) groups is 2. The zero-order valence-corrected chi connectivity index (χ0v) is 19.3. The van der Waals surface area contributed by atoms with Crippen molar-refractivity contribution in [1.82, 2.24) is 0 Å². The number of esters is 1. The second kappa shape index (κ2) is 7.68. The Bertz CT molecular complexity index is 656. The Kier molecular flexibility index (Phi) is 5.66. The molecule has 3 nitrogen and oxygen atoms in total. The van der Waals surface area contributed by atoms with Gasteiger partial charge in [-0.15, -0.1) is 0 Å². The lowest BCUT2D eigenvalue weighted by Gasteiger charge is -2.60. The minimum absolute atomic E-state index is 0.121. The quantitative estimate of drug-likeness (QED) is 0.538. The van der Waals surface area contributed by atoms with Crippen molar-refractivity contribution in [2.75, 3.05) is 7.11 Å². The van der Waals surface area contributed by atoms with Gasteiger partial charge >= 0.3 is 5.97 Å². The van der Waals surface area contributed by atoms with Crippen molar-refractivity contribution in [2.45, 2.75) is 91.9 Å². The van der Waals surface area contributed by atoms with Crippen molar-refractivity contribution >= 4 is 11.8 Å². The molecular formula is C26H42O3. The molecule has 0 aromatic rings. The molecule has 4 saturated carbocycles. The molecule has 4 aliphatic carbocycles. The topological polar surface area (TPSA) is 43.4 Å². The van der Waals surface area contributed by atoms with Crippen LogP contribution in [0.1, 0.15) is 91.9 Å². The van der Waals surface area contributed by atoms with Gasteiger partial charge < -0.3 is 4.74 Å². The van der Waals surface area contributed by atoms with E-state index in [4.69, 9.17) is 4.74 Å². The smallest absolute Gasteiger partial charge is 0.305 e. The second-order valence-electron chi connectivity index (χ2n) is 11.7. The van der Waals surface area contributed by atoms with Gasteiger partial charge in [0.25, 0.3) is 0 Å². The average Bonchev–Trinajstić information content (AvgIpc) is 3.06. The van der Waals surface area contributed by atoms with Crippen LogP contribution in [0.3, 0.4) is 0 Å². The van der Waals surface area contributed by atoms with Crippen LogP contribution in [0.2, 0.25) is 0 Å². The molecule has 164 valence electrons. The summed E-state index contributed by atoms with van der Waals surface area (Å²) in [5.41, 5.74) is 0.225. The van der Waals surface area contributed by atoms with Gasteiger partial charge in [-0.05, 0) is 91.8 Å². The first-order chi connectivity index (χ1) is 13.7. The molecule has 9 atom stereocenters. The molecule has 4 rings (SSSR count). The third kappa shape index (κ3) is 3.30. The number of methoxy groups -OCH3 is 1.